The number of rotatable bonds is 7. The zero-order valence-corrected chi connectivity index (χ0v) is 21.6. The maximum absolute atomic E-state index is 12.8. The Labute approximate surface area is 205 Å². The molecule has 2 heterocycles. The summed E-state index contributed by atoms with van der Waals surface area (Å²) in [6.45, 7) is 9.67. The number of carbonyl (C=O) groups is 1. The van der Waals surface area contributed by atoms with Crippen molar-refractivity contribution in [1.29, 1.82) is 0 Å². The van der Waals surface area contributed by atoms with Crippen molar-refractivity contribution in [2.45, 2.75) is 78.7 Å². The van der Waals surface area contributed by atoms with E-state index in [0.717, 1.165) is 42.6 Å². The topological polar surface area (TPSA) is 45.7 Å². The van der Waals surface area contributed by atoms with E-state index in [9.17, 15) is 4.79 Å². The molecule has 1 unspecified atom stereocenters. The van der Waals surface area contributed by atoms with E-state index in [2.05, 4.69) is 35.2 Å². The highest BCUT2D eigenvalue weighted by Gasteiger charge is 2.34. The molecule has 1 atom stereocenters. The van der Waals surface area contributed by atoms with Crippen molar-refractivity contribution >= 4 is 17.4 Å². The maximum atomic E-state index is 12.8. The molecule has 2 aromatic rings. The largest absolute Gasteiger partial charge is 0.494 e. The number of nitrogens with zero attached hydrogens (tertiary/aromatic N) is 3. The molecule has 1 aliphatic carbocycles. The molecule has 5 heteroatoms. The third kappa shape index (κ3) is 5.56. The first-order chi connectivity index (χ1) is 16.3. The fourth-order valence-corrected chi connectivity index (χ4v) is 5.47. The van der Waals surface area contributed by atoms with Gasteiger partial charge >= 0.3 is 0 Å². The monoisotopic (exact) mass is 463 g/mol. The highest BCUT2D eigenvalue weighted by Crippen LogP contribution is 2.37. The summed E-state index contributed by atoms with van der Waals surface area (Å²) in [6.07, 6.45) is 10.6. The third-order valence-electron chi connectivity index (χ3n) is 7.32. The zero-order chi connectivity index (χ0) is 24.3. The molecule has 1 aromatic heterocycles. The first kappa shape index (κ1) is 24.6. The molecule has 4 rings (SSSR count). The van der Waals surface area contributed by atoms with Crippen LogP contribution in [-0.4, -0.2) is 37.1 Å². The van der Waals surface area contributed by atoms with Crippen molar-refractivity contribution in [3.63, 3.8) is 0 Å². The average Bonchev–Trinajstić information content (AvgIpc) is 3.15. The van der Waals surface area contributed by atoms with Crippen LogP contribution in [0.5, 0.6) is 5.75 Å². The minimum Gasteiger partial charge on any atom is -0.494 e. The van der Waals surface area contributed by atoms with E-state index in [1.807, 2.05) is 40.9 Å². The summed E-state index contributed by atoms with van der Waals surface area (Å²) < 4.78 is 5.63. The lowest BCUT2D eigenvalue weighted by atomic mass is 9.88. The van der Waals surface area contributed by atoms with Gasteiger partial charge in [-0.2, -0.15) is 0 Å². The number of aromatic nitrogens is 1. The van der Waals surface area contributed by atoms with Gasteiger partial charge in [0.15, 0.2) is 0 Å². The van der Waals surface area contributed by atoms with Crippen molar-refractivity contribution in [3.05, 3.63) is 47.7 Å². The number of hydrogen-bond acceptors (Lipinski definition) is 4. The van der Waals surface area contributed by atoms with Gasteiger partial charge < -0.3 is 14.5 Å². The van der Waals surface area contributed by atoms with Gasteiger partial charge in [-0.05, 0) is 67.9 Å². The Bertz CT molecular complexity index is 974. The predicted octanol–water partition coefficient (Wildman–Crippen LogP) is 6.04. The summed E-state index contributed by atoms with van der Waals surface area (Å²) in [6, 6.07) is 11.1. The number of fused-ring (bicyclic) bond motifs is 1. The summed E-state index contributed by atoms with van der Waals surface area (Å²) >= 11 is 0. The van der Waals surface area contributed by atoms with Crippen LogP contribution in [-0.2, 0) is 17.6 Å². The van der Waals surface area contributed by atoms with E-state index in [4.69, 9.17) is 9.72 Å². The van der Waals surface area contributed by atoms with Gasteiger partial charge in [-0.25, -0.2) is 4.98 Å². The second kappa shape index (κ2) is 10.4. The van der Waals surface area contributed by atoms with Crippen LogP contribution in [0.3, 0.4) is 0 Å². The Morgan fingerprint density at radius 3 is 2.50 bits per heavy atom. The number of hydrogen-bond donors (Lipinski definition) is 0. The van der Waals surface area contributed by atoms with Crippen LogP contribution < -0.4 is 14.5 Å². The molecule has 1 aromatic carbocycles. The van der Waals surface area contributed by atoms with Gasteiger partial charge in [0.05, 0.1) is 18.5 Å². The number of anilines is 2. The minimum absolute atomic E-state index is 0.109. The molecule has 0 spiro atoms. The lowest BCUT2D eigenvalue weighted by Crippen LogP contribution is -2.38. The summed E-state index contributed by atoms with van der Waals surface area (Å²) in [5.41, 5.74) is 3.06. The summed E-state index contributed by atoms with van der Waals surface area (Å²) in [4.78, 5) is 22.1. The Kier molecular flexibility index (Phi) is 7.49. The van der Waals surface area contributed by atoms with Crippen LogP contribution in [0.25, 0.3) is 0 Å². The second-order valence-corrected chi connectivity index (χ2v) is 11.1. The molecule has 1 fully saturated rings. The van der Waals surface area contributed by atoms with Crippen LogP contribution in [0.1, 0.15) is 70.9 Å². The molecule has 1 saturated carbocycles. The standard InChI is InChI=1S/C29H41N3O2/c1-6-34-26-14-12-21(13-15-26)16-24-17-23-18-25(31(5)28(33)29(2,3)4)19-30-27(23)32(24)20-22-10-8-7-9-11-22/h12-15,18-19,22,24H,6-11,16-17,20H2,1-5H3. The van der Waals surface area contributed by atoms with Crippen molar-refractivity contribution in [1.82, 2.24) is 4.98 Å². The summed E-state index contributed by atoms with van der Waals surface area (Å²) in [7, 11) is 1.86. The van der Waals surface area contributed by atoms with E-state index in [1.54, 1.807) is 4.90 Å². The molecule has 5 nitrogen and oxygen atoms in total. The van der Waals surface area contributed by atoms with Gasteiger partial charge in [0.1, 0.15) is 11.6 Å². The number of carbonyl (C=O) groups excluding carboxylic acids is 1. The smallest absolute Gasteiger partial charge is 0.232 e. The highest BCUT2D eigenvalue weighted by atomic mass is 16.5. The Hall–Kier alpha value is -2.56. The second-order valence-electron chi connectivity index (χ2n) is 11.1. The summed E-state index contributed by atoms with van der Waals surface area (Å²) in [5.74, 6) is 2.89. The maximum Gasteiger partial charge on any atom is 0.232 e. The predicted molar refractivity (Wildman–Crippen MR) is 140 cm³/mol. The van der Waals surface area contributed by atoms with Crippen molar-refractivity contribution in [2.24, 2.45) is 11.3 Å². The molecule has 2 aliphatic rings. The lowest BCUT2D eigenvalue weighted by Gasteiger charge is -2.33. The molecular formula is C29H41N3O2. The van der Waals surface area contributed by atoms with Crippen LogP contribution in [0, 0.1) is 11.3 Å². The number of pyridine rings is 1. The van der Waals surface area contributed by atoms with E-state index >= 15 is 0 Å². The lowest BCUT2D eigenvalue weighted by molar-refractivity contribution is -0.125. The fourth-order valence-electron chi connectivity index (χ4n) is 5.47. The zero-order valence-electron chi connectivity index (χ0n) is 21.6. The molecule has 1 amide bonds. The van der Waals surface area contributed by atoms with Gasteiger partial charge in [-0.15, -0.1) is 0 Å². The molecule has 0 saturated heterocycles. The van der Waals surface area contributed by atoms with Crippen LogP contribution in [0.4, 0.5) is 11.5 Å². The number of ether oxygens (including phenoxy) is 1. The molecule has 1 aliphatic heterocycles. The van der Waals surface area contributed by atoms with E-state index in [1.165, 1.54) is 43.2 Å². The number of benzene rings is 1. The van der Waals surface area contributed by atoms with E-state index < -0.39 is 5.41 Å². The quantitative estimate of drug-likeness (QED) is 0.502. The van der Waals surface area contributed by atoms with Crippen molar-refractivity contribution in [3.8, 4) is 5.75 Å². The van der Waals surface area contributed by atoms with Gasteiger partial charge in [0.2, 0.25) is 5.91 Å². The molecular weight excluding hydrogens is 422 g/mol. The first-order valence-electron chi connectivity index (χ1n) is 13.0. The Balaban J connectivity index is 1.57. The SMILES string of the molecule is CCOc1ccc(CC2Cc3cc(N(C)C(=O)C(C)(C)C)cnc3N2CC2CCCCC2)cc1. The third-order valence-corrected chi connectivity index (χ3v) is 7.32. The summed E-state index contributed by atoms with van der Waals surface area (Å²) in [5, 5.41) is 0. The Morgan fingerprint density at radius 2 is 1.85 bits per heavy atom. The number of amides is 1. The first-order valence-corrected chi connectivity index (χ1v) is 13.0. The highest BCUT2D eigenvalue weighted by molar-refractivity contribution is 5.96. The Morgan fingerprint density at radius 1 is 1.15 bits per heavy atom. The molecule has 0 N–H and O–H groups in total. The molecule has 34 heavy (non-hydrogen) atoms. The molecule has 0 bridgehead atoms. The van der Waals surface area contributed by atoms with Gasteiger partial charge in [0, 0.05) is 25.0 Å². The van der Waals surface area contributed by atoms with Crippen LogP contribution in [0.15, 0.2) is 36.5 Å². The molecule has 184 valence electrons. The van der Waals surface area contributed by atoms with Crippen LogP contribution >= 0.6 is 0 Å². The van der Waals surface area contributed by atoms with Crippen molar-refractivity contribution in [2.75, 3.05) is 30.0 Å². The fraction of sp³-hybridized carbons (Fsp3) is 0.586. The van der Waals surface area contributed by atoms with Gasteiger partial charge in [0.25, 0.3) is 0 Å². The van der Waals surface area contributed by atoms with E-state index in [0.29, 0.717) is 12.6 Å². The molecule has 0 radical (unpaired) electrons. The van der Waals surface area contributed by atoms with Gasteiger partial charge in [-0.3, -0.25) is 4.79 Å². The van der Waals surface area contributed by atoms with E-state index in [-0.39, 0.29) is 5.91 Å². The van der Waals surface area contributed by atoms with Gasteiger partial charge in [-0.1, -0.05) is 52.2 Å². The van der Waals surface area contributed by atoms with Crippen LogP contribution in [0.2, 0.25) is 0 Å². The average molecular weight is 464 g/mol. The minimum atomic E-state index is -0.420. The normalized spacial score (nSPS) is 18.6. The van der Waals surface area contributed by atoms with Crippen molar-refractivity contribution < 1.29 is 9.53 Å².